The summed E-state index contributed by atoms with van der Waals surface area (Å²) in [5, 5.41) is 0. The summed E-state index contributed by atoms with van der Waals surface area (Å²) in [5.74, 6) is 0.596. The summed E-state index contributed by atoms with van der Waals surface area (Å²) in [5.41, 5.74) is 1.57. The maximum atomic E-state index is 11.5. The van der Waals surface area contributed by atoms with Crippen LogP contribution in [0.5, 0.6) is 5.75 Å². The van der Waals surface area contributed by atoms with Gasteiger partial charge in [-0.05, 0) is 24.1 Å². The third-order valence-corrected chi connectivity index (χ3v) is 3.19. The number of carbonyl (C=O) groups excluding carboxylic acids is 1. The largest absolute Gasteiger partial charge is 0.497 e. The third-order valence-electron chi connectivity index (χ3n) is 3.19. The van der Waals surface area contributed by atoms with Gasteiger partial charge in [-0.25, -0.2) is 4.79 Å². The van der Waals surface area contributed by atoms with Crippen LogP contribution in [0, 0.1) is 5.92 Å². The molecule has 1 saturated heterocycles. The summed E-state index contributed by atoms with van der Waals surface area (Å²) in [4.78, 5) is 11.5. The van der Waals surface area contributed by atoms with Crippen LogP contribution < -0.4 is 4.74 Å². The highest BCUT2D eigenvalue weighted by Gasteiger charge is 2.38. The zero-order valence-electron chi connectivity index (χ0n) is 10.1. The van der Waals surface area contributed by atoms with Crippen molar-refractivity contribution in [1.29, 1.82) is 0 Å². The number of rotatable bonds is 3. The Balaban J connectivity index is 2.26. The highest BCUT2D eigenvalue weighted by atomic mass is 16.6. The van der Waals surface area contributed by atoms with Gasteiger partial charge in [0.2, 0.25) is 0 Å². The van der Waals surface area contributed by atoms with E-state index in [1.165, 1.54) is 0 Å². The fraction of sp³-hybridized carbons (Fsp3) is 0.357. The monoisotopic (exact) mass is 232 g/mol. The minimum atomic E-state index is -0.280. The van der Waals surface area contributed by atoms with Crippen molar-refractivity contribution < 1.29 is 14.3 Å². The van der Waals surface area contributed by atoms with Crippen molar-refractivity contribution in [3.05, 3.63) is 42.0 Å². The van der Waals surface area contributed by atoms with Crippen LogP contribution in [0.25, 0.3) is 0 Å². The van der Waals surface area contributed by atoms with Gasteiger partial charge in [0.15, 0.2) is 0 Å². The number of cyclic esters (lactones) is 1. The number of carbonyl (C=O) groups is 1. The molecule has 1 aliphatic rings. The summed E-state index contributed by atoms with van der Waals surface area (Å²) in [6.45, 7) is 5.83. The van der Waals surface area contributed by atoms with E-state index < -0.39 is 0 Å². The molecule has 1 heterocycles. The van der Waals surface area contributed by atoms with Crippen molar-refractivity contribution in [3.63, 3.8) is 0 Å². The van der Waals surface area contributed by atoms with Gasteiger partial charge in [-0.1, -0.05) is 25.6 Å². The summed E-state index contributed by atoms with van der Waals surface area (Å²) in [7, 11) is 1.63. The van der Waals surface area contributed by atoms with E-state index in [2.05, 4.69) is 6.58 Å². The van der Waals surface area contributed by atoms with E-state index in [-0.39, 0.29) is 18.0 Å². The first-order valence-corrected chi connectivity index (χ1v) is 5.71. The lowest BCUT2D eigenvalue weighted by Gasteiger charge is -2.16. The van der Waals surface area contributed by atoms with Crippen molar-refractivity contribution in [2.75, 3.05) is 7.11 Å². The topological polar surface area (TPSA) is 35.5 Å². The highest BCUT2D eigenvalue weighted by molar-refractivity contribution is 5.90. The molecule has 0 aliphatic carbocycles. The number of esters is 1. The van der Waals surface area contributed by atoms with Crippen molar-refractivity contribution in [1.82, 2.24) is 0 Å². The molecule has 1 aromatic rings. The first-order valence-electron chi connectivity index (χ1n) is 5.71. The molecule has 2 atom stereocenters. The average molecular weight is 232 g/mol. The first-order chi connectivity index (χ1) is 8.17. The van der Waals surface area contributed by atoms with Gasteiger partial charge >= 0.3 is 5.97 Å². The van der Waals surface area contributed by atoms with Gasteiger partial charge in [0.05, 0.1) is 7.11 Å². The smallest absolute Gasteiger partial charge is 0.334 e. The molecule has 0 bridgehead atoms. The Hall–Kier alpha value is -1.77. The van der Waals surface area contributed by atoms with Crippen LogP contribution in [0.3, 0.4) is 0 Å². The predicted molar refractivity (Wildman–Crippen MR) is 64.7 cm³/mol. The molecule has 0 amide bonds. The molecule has 0 saturated carbocycles. The molecule has 3 nitrogen and oxygen atoms in total. The van der Waals surface area contributed by atoms with E-state index >= 15 is 0 Å². The van der Waals surface area contributed by atoms with E-state index in [1.54, 1.807) is 7.11 Å². The first kappa shape index (κ1) is 11.7. The van der Waals surface area contributed by atoms with Crippen LogP contribution in [0.15, 0.2) is 36.4 Å². The van der Waals surface area contributed by atoms with E-state index in [0.29, 0.717) is 5.57 Å². The Labute approximate surface area is 101 Å². The van der Waals surface area contributed by atoms with Crippen molar-refractivity contribution >= 4 is 5.97 Å². The summed E-state index contributed by atoms with van der Waals surface area (Å²) in [6, 6.07) is 7.60. The number of hydrogen-bond donors (Lipinski definition) is 0. The Kier molecular flexibility index (Phi) is 3.18. The molecule has 3 heteroatoms. The van der Waals surface area contributed by atoms with E-state index in [1.807, 2.05) is 31.2 Å². The maximum Gasteiger partial charge on any atom is 0.334 e. The molecule has 2 rings (SSSR count). The van der Waals surface area contributed by atoms with Crippen LogP contribution in [0.2, 0.25) is 0 Å². The van der Waals surface area contributed by atoms with Gasteiger partial charge in [-0.15, -0.1) is 0 Å². The molecule has 1 fully saturated rings. The summed E-state index contributed by atoms with van der Waals surface area (Å²) >= 11 is 0. The standard InChI is InChI=1S/C14H16O3/c1-4-12-9(2)14(15)17-13(12)10-5-7-11(16-3)8-6-10/h5-8,12-13H,2,4H2,1,3H3/t12-,13-/m0/s1. The number of benzene rings is 1. The van der Waals surface area contributed by atoms with Gasteiger partial charge in [0.25, 0.3) is 0 Å². The molecule has 17 heavy (non-hydrogen) atoms. The second-order valence-corrected chi connectivity index (χ2v) is 4.14. The molecule has 1 aromatic carbocycles. The van der Waals surface area contributed by atoms with E-state index in [4.69, 9.17) is 9.47 Å². The zero-order valence-corrected chi connectivity index (χ0v) is 10.1. The molecule has 0 N–H and O–H groups in total. The number of methoxy groups -OCH3 is 1. The zero-order chi connectivity index (χ0) is 12.4. The van der Waals surface area contributed by atoms with E-state index in [0.717, 1.165) is 17.7 Å². The third kappa shape index (κ3) is 2.05. The SMILES string of the molecule is C=C1C(=O)O[C@@H](c2ccc(OC)cc2)[C@H]1CC. The number of hydrogen-bond acceptors (Lipinski definition) is 3. The molecule has 0 aromatic heterocycles. The van der Waals surface area contributed by atoms with Gasteiger partial charge in [0.1, 0.15) is 11.9 Å². The fourth-order valence-electron chi connectivity index (χ4n) is 2.16. The predicted octanol–water partition coefficient (Wildman–Crippen LogP) is 2.88. The minimum absolute atomic E-state index is 0.0795. The lowest BCUT2D eigenvalue weighted by Crippen LogP contribution is -2.07. The lowest BCUT2D eigenvalue weighted by molar-refractivity contribution is -0.139. The molecule has 0 spiro atoms. The second-order valence-electron chi connectivity index (χ2n) is 4.14. The molecule has 1 aliphatic heterocycles. The average Bonchev–Trinajstić information content (AvgIpc) is 2.65. The molecular formula is C14H16O3. The highest BCUT2D eigenvalue weighted by Crippen LogP contribution is 2.40. The van der Waals surface area contributed by atoms with Crippen LogP contribution in [-0.2, 0) is 9.53 Å². The maximum absolute atomic E-state index is 11.5. The van der Waals surface area contributed by atoms with Crippen molar-refractivity contribution in [3.8, 4) is 5.75 Å². The lowest BCUT2D eigenvalue weighted by atomic mass is 9.90. The van der Waals surface area contributed by atoms with Crippen LogP contribution in [0.1, 0.15) is 25.0 Å². The van der Waals surface area contributed by atoms with Gasteiger partial charge < -0.3 is 9.47 Å². The molecular weight excluding hydrogens is 216 g/mol. The Bertz CT molecular complexity index is 433. The van der Waals surface area contributed by atoms with Gasteiger partial charge in [-0.3, -0.25) is 0 Å². The summed E-state index contributed by atoms with van der Waals surface area (Å²) in [6.07, 6.45) is 0.646. The van der Waals surface area contributed by atoms with Crippen molar-refractivity contribution in [2.24, 2.45) is 5.92 Å². The van der Waals surface area contributed by atoms with Gasteiger partial charge in [0, 0.05) is 11.5 Å². The quantitative estimate of drug-likeness (QED) is 0.593. The second kappa shape index (κ2) is 4.62. The Morgan fingerprint density at radius 2 is 2.00 bits per heavy atom. The Morgan fingerprint density at radius 1 is 1.35 bits per heavy atom. The van der Waals surface area contributed by atoms with Crippen molar-refractivity contribution in [2.45, 2.75) is 19.4 Å². The number of ether oxygens (including phenoxy) is 2. The molecule has 0 radical (unpaired) electrons. The fourth-order valence-corrected chi connectivity index (χ4v) is 2.16. The minimum Gasteiger partial charge on any atom is -0.497 e. The normalized spacial score (nSPS) is 23.6. The molecule has 90 valence electrons. The van der Waals surface area contributed by atoms with Gasteiger partial charge in [-0.2, -0.15) is 0 Å². The van der Waals surface area contributed by atoms with E-state index in [9.17, 15) is 4.79 Å². The van der Waals surface area contributed by atoms with Crippen LogP contribution in [0.4, 0.5) is 0 Å². The Morgan fingerprint density at radius 3 is 2.53 bits per heavy atom. The molecule has 0 unspecified atom stereocenters. The van der Waals surface area contributed by atoms with Crippen LogP contribution in [-0.4, -0.2) is 13.1 Å². The summed E-state index contributed by atoms with van der Waals surface area (Å²) < 4.78 is 10.5. The van der Waals surface area contributed by atoms with Crippen LogP contribution >= 0.6 is 0 Å².